The fraction of sp³-hybridized carbons (Fsp3) is 0.714. The maximum absolute atomic E-state index is 3.83. The van der Waals surface area contributed by atoms with Crippen LogP contribution in [0.2, 0.25) is 0 Å². The van der Waals surface area contributed by atoms with Crippen LogP contribution in [-0.4, -0.2) is 6.04 Å². The lowest BCUT2D eigenvalue weighted by atomic mass is 9.80. The van der Waals surface area contributed by atoms with E-state index in [9.17, 15) is 0 Å². The van der Waals surface area contributed by atoms with Crippen LogP contribution in [0.4, 0.5) is 0 Å². The van der Waals surface area contributed by atoms with Crippen LogP contribution in [-0.2, 0) is 0 Å². The van der Waals surface area contributed by atoms with Crippen molar-refractivity contribution in [2.45, 2.75) is 52.1 Å². The zero-order valence-electron chi connectivity index (χ0n) is 10.6. The molecule has 2 rings (SSSR count). The summed E-state index contributed by atoms with van der Waals surface area (Å²) in [5.41, 5.74) is 0. The van der Waals surface area contributed by atoms with Crippen molar-refractivity contribution >= 4 is 11.3 Å². The summed E-state index contributed by atoms with van der Waals surface area (Å²) in [6.07, 6.45) is 4.27. The van der Waals surface area contributed by atoms with Crippen molar-refractivity contribution in [1.82, 2.24) is 5.32 Å². The van der Waals surface area contributed by atoms with E-state index >= 15 is 0 Å². The first-order chi connectivity index (χ1) is 7.68. The van der Waals surface area contributed by atoms with Crippen molar-refractivity contribution in [3.8, 4) is 0 Å². The van der Waals surface area contributed by atoms with E-state index in [-0.39, 0.29) is 0 Å². The summed E-state index contributed by atoms with van der Waals surface area (Å²) in [6, 6.07) is 5.62. The van der Waals surface area contributed by atoms with E-state index in [0.717, 1.165) is 5.92 Å². The maximum Gasteiger partial charge on any atom is 0.0440 e. The molecule has 0 aromatic carbocycles. The van der Waals surface area contributed by atoms with Gasteiger partial charge in [-0.05, 0) is 43.0 Å². The normalized spacial score (nSPS) is 20.8. The van der Waals surface area contributed by atoms with E-state index in [4.69, 9.17) is 0 Å². The maximum atomic E-state index is 3.83. The molecule has 0 bridgehead atoms. The number of hydrogen-bond donors (Lipinski definition) is 1. The molecular formula is C14H23NS. The fourth-order valence-corrected chi connectivity index (χ4v) is 3.39. The molecule has 1 fully saturated rings. The quantitative estimate of drug-likeness (QED) is 0.808. The Morgan fingerprint density at radius 2 is 2.06 bits per heavy atom. The van der Waals surface area contributed by atoms with Crippen molar-refractivity contribution < 1.29 is 0 Å². The van der Waals surface area contributed by atoms with Gasteiger partial charge in [-0.15, -0.1) is 11.3 Å². The Kier molecular flexibility index (Phi) is 4.04. The molecule has 1 aliphatic carbocycles. The monoisotopic (exact) mass is 237 g/mol. The van der Waals surface area contributed by atoms with Gasteiger partial charge in [-0.2, -0.15) is 0 Å². The van der Waals surface area contributed by atoms with Gasteiger partial charge in [0.25, 0.3) is 0 Å². The lowest BCUT2D eigenvalue weighted by Gasteiger charge is -2.35. The van der Waals surface area contributed by atoms with Gasteiger partial charge in [0.2, 0.25) is 0 Å². The molecule has 1 N–H and O–H groups in total. The van der Waals surface area contributed by atoms with Gasteiger partial charge in [-0.1, -0.05) is 26.3 Å². The number of hydrogen-bond acceptors (Lipinski definition) is 2. The number of nitrogens with one attached hydrogen (secondary N) is 1. The molecule has 0 saturated heterocycles. The summed E-state index contributed by atoms with van der Waals surface area (Å²) in [7, 11) is 0. The van der Waals surface area contributed by atoms with Crippen molar-refractivity contribution in [3.05, 3.63) is 22.4 Å². The molecule has 1 nitrogen and oxygen atoms in total. The summed E-state index contributed by atoms with van der Waals surface area (Å²) >= 11 is 1.88. The SMILES string of the molecule is CC(C)C(NC(C)C1CCC1)c1cccs1. The van der Waals surface area contributed by atoms with E-state index in [1.165, 1.54) is 24.1 Å². The summed E-state index contributed by atoms with van der Waals surface area (Å²) < 4.78 is 0. The minimum atomic E-state index is 0.538. The third-order valence-corrected chi connectivity index (χ3v) is 4.77. The van der Waals surface area contributed by atoms with Crippen LogP contribution in [0.15, 0.2) is 17.5 Å². The van der Waals surface area contributed by atoms with E-state index in [1.54, 1.807) is 0 Å². The zero-order valence-corrected chi connectivity index (χ0v) is 11.4. The van der Waals surface area contributed by atoms with Crippen LogP contribution >= 0.6 is 11.3 Å². The van der Waals surface area contributed by atoms with E-state index in [1.807, 2.05) is 11.3 Å². The van der Waals surface area contributed by atoms with Gasteiger partial charge < -0.3 is 5.32 Å². The van der Waals surface area contributed by atoms with E-state index < -0.39 is 0 Å². The van der Waals surface area contributed by atoms with Crippen molar-refractivity contribution in [3.63, 3.8) is 0 Å². The van der Waals surface area contributed by atoms with Gasteiger partial charge >= 0.3 is 0 Å². The molecule has 1 aromatic heterocycles. The second kappa shape index (κ2) is 5.33. The highest BCUT2D eigenvalue weighted by Crippen LogP contribution is 2.33. The predicted octanol–water partition coefficient (Wildman–Crippen LogP) is 4.22. The van der Waals surface area contributed by atoms with Gasteiger partial charge in [-0.3, -0.25) is 0 Å². The predicted molar refractivity (Wildman–Crippen MR) is 71.8 cm³/mol. The van der Waals surface area contributed by atoms with Crippen LogP contribution in [0.3, 0.4) is 0 Å². The average molecular weight is 237 g/mol. The minimum Gasteiger partial charge on any atom is -0.306 e. The van der Waals surface area contributed by atoms with Crippen molar-refractivity contribution in [1.29, 1.82) is 0 Å². The van der Waals surface area contributed by atoms with Crippen molar-refractivity contribution in [2.24, 2.45) is 11.8 Å². The Hall–Kier alpha value is -0.340. The van der Waals surface area contributed by atoms with Crippen LogP contribution in [0.25, 0.3) is 0 Å². The topological polar surface area (TPSA) is 12.0 Å². The number of rotatable bonds is 5. The molecule has 0 amide bonds. The Morgan fingerprint density at radius 3 is 2.50 bits per heavy atom. The highest BCUT2D eigenvalue weighted by atomic mass is 32.1. The molecule has 1 heterocycles. The highest BCUT2D eigenvalue weighted by Gasteiger charge is 2.27. The molecule has 0 spiro atoms. The van der Waals surface area contributed by atoms with Gasteiger partial charge in [0.1, 0.15) is 0 Å². The largest absolute Gasteiger partial charge is 0.306 e. The molecule has 0 aliphatic heterocycles. The molecule has 16 heavy (non-hydrogen) atoms. The molecule has 2 atom stereocenters. The van der Waals surface area contributed by atoms with Gasteiger partial charge in [0, 0.05) is 17.0 Å². The molecule has 1 saturated carbocycles. The Morgan fingerprint density at radius 1 is 1.31 bits per heavy atom. The Bertz CT molecular complexity index is 301. The third-order valence-electron chi connectivity index (χ3n) is 3.82. The van der Waals surface area contributed by atoms with Crippen LogP contribution in [0.1, 0.15) is 51.0 Å². The first-order valence-electron chi connectivity index (χ1n) is 6.48. The molecule has 1 aliphatic rings. The molecule has 90 valence electrons. The molecule has 0 radical (unpaired) electrons. The third kappa shape index (κ3) is 2.67. The summed E-state index contributed by atoms with van der Waals surface area (Å²) in [5.74, 6) is 1.59. The van der Waals surface area contributed by atoms with Crippen molar-refractivity contribution in [2.75, 3.05) is 0 Å². The Balaban J connectivity index is 1.97. The highest BCUT2D eigenvalue weighted by molar-refractivity contribution is 7.10. The molecule has 1 aromatic rings. The van der Waals surface area contributed by atoms with E-state index in [0.29, 0.717) is 18.0 Å². The second-order valence-electron chi connectivity index (χ2n) is 5.38. The van der Waals surface area contributed by atoms with Crippen LogP contribution < -0.4 is 5.32 Å². The van der Waals surface area contributed by atoms with Crippen LogP contribution in [0.5, 0.6) is 0 Å². The molecular weight excluding hydrogens is 214 g/mol. The minimum absolute atomic E-state index is 0.538. The van der Waals surface area contributed by atoms with Crippen LogP contribution in [0, 0.1) is 11.8 Å². The Labute approximate surface area is 103 Å². The standard InChI is InChI=1S/C14H23NS/c1-10(2)14(13-8-5-9-16-13)15-11(3)12-6-4-7-12/h5,8-12,14-15H,4,6-7H2,1-3H3. The van der Waals surface area contributed by atoms with E-state index in [2.05, 4.69) is 43.6 Å². The summed E-state index contributed by atoms with van der Waals surface area (Å²) in [5, 5.41) is 6.01. The second-order valence-corrected chi connectivity index (χ2v) is 6.36. The lowest BCUT2D eigenvalue weighted by Crippen LogP contribution is -2.40. The smallest absolute Gasteiger partial charge is 0.0440 e. The summed E-state index contributed by atoms with van der Waals surface area (Å²) in [4.78, 5) is 1.49. The number of thiophene rings is 1. The first-order valence-corrected chi connectivity index (χ1v) is 7.36. The summed E-state index contributed by atoms with van der Waals surface area (Å²) in [6.45, 7) is 6.97. The van der Waals surface area contributed by atoms with Gasteiger partial charge in [0.05, 0.1) is 0 Å². The molecule has 2 heteroatoms. The molecule has 2 unspecified atom stereocenters. The van der Waals surface area contributed by atoms with Gasteiger partial charge in [0.15, 0.2) is 0 Å². The van der Waals surface area contributed by atoms with Gasteiger partial charge in [-0.25, -0.2) is 0 Å². The fourth-order valence-electron chi connectivity index (χ4n) is 2.43. The first kappa shape index (κ1) is 12.1. The zero-order chi connectivity index (χ0) is 11.5. The average Bonchev–Trinajstić information content (AvgIpc) is 2.63. The lowest BCUT2D eigenvalue weighted by molar-refractivity contribution is 0.214.